The summed E-state index contributed by atoms with van der Waals surface area (Å²) in [4.78, 5) is 0. The predicted molar refractivity (Wildman–Crippen MR) is 57.1 cm³/mol. The molecule has 0 radical (unpaired) electrons. The van der Waals surface area contributed by atoms with Gasteiger partial charge in [0.05, 0.1) is 6.10 Å². The zero-order chi connectivity index (χ0) is 10.6. The van der Waals surface area contributed by atoms with Crippen LogP contribution in [0.5, 0.6) is 0 Å². The highest BCUT2D eigenvalue weighted by atomic mass is 16.3. The lowest BCUT2D eigenvalue weighted by Gasteiger charge is -2.34. The molecule has 0 heterocycles. The number of aliphatic hydroxyl groups is 2. The second-order valence-corrected chi connectivity index (χ2v) is 4.53. The first kappa shape index (κ1) is 12.0. The molecular weight excluding hydrogens is 178 g/mol. The Kier molecular flexibility index (Phi) is 4.85. The second kappa shape index (κ2) is 5.69. The van der Waals surface area contributed by atoms with Crippen molar-refractivity contribution in [3.63, 3.8) is 0 Å². The van der Waals surface area contributed by atoms with E-state index >= 15 is 0 Å². The zero-order valence-electron chi connectivity index (χ0n) is 9.24. The fourth-order valence-corrected chi connectivity index (χ4v) is 2.12. The molecule has 3 N–H and O–H groups in total. The van der Waals surface area contributed by atoms with Gasteiger partial charge in [-0.3, -0.25) is 0 Å². The number of aliphatic hydroxyl groups excluding tert-OH is 2. The maximum Gasteiger partial charge on any atom is 0.0662 e. The van der Waals surface area contributed by atoms with Crippen molar-refractivity contribution in [2.75, 3.05) is 6.61 Å². The third-order valence-corrected chi connectivity index (χ3v) is 3.34. The first-order valence-electron chi connectivity index (χ1n) is 5.70. The lowest BCUT2D eigenvalue weighted by atomic mass is 9.84. The Bertz CT molecular complexity index is 161. The summed E-state index contributed by atoms with van der Waals surface area (Å²) in [6.07, 6.45) is 4.38. The SMILES string of the molecule is CC(O)C(C)NC1CCCCC1CO. The van der Waals surface area contributed by atoms with E-state index in [0.29, 0.717) is 12.0 Å². The summed E-state index contributed by atoms with van der Waals surface area (Å²) in [5.41, 5.74) is 0. The van der Waals surface area contributed by atoms with Crippen molar-refractivity contribution in [3.8, 4) is 0 Å². The van der Waals surface area contributed by atoms with Gasteiger partial charge in [0.15, 0.2) is 0 Å². The summed E-state index contributed by atoms with van der Waals surface area (Å²) >= 11 is 0. The van der Waals surface area contributed by atoms with Crippen molar-refractivity contribution in [2.45, 2.75) is 57.7 Å². The summed E-state index contributed by atoms with van der Waals surface area (Å²) in [7, 11) is 0. The Balaban J connectivity index is 2.40. The molecule has 1 aliphatic carbocycles. The minimum atomic E-state index is -0.323. The average Bonchev–Trinajstić information content (AvgIpc) is 2.18. The minimum Gasteiger partial charge on any atom is -0.396 e. The lowest BCUT2D eigenvalue weighted by molar-refractivity contribution is 0.107. The first-order chi connectivity index (χ1) is 6.65. The Morgan fingerprint density at radius 2 is 1.93 bits per heavy atom. The van der Waals surface area contributed by atoms with Crippen LogP contribution in [0.4, 0.5) is 0 Å². The van der Waals surface area contributed by atoms with Gasteiger partial charge in [-0.2, -0.15) is 0 Å². The summed E-state index contributed by atoms with van der Waals surface area (Å²) in [5, 5.41) is 22.0. The highest BCUT2D eigenvalue weighted by Crippen LogP contribution is 2.24. The summed E-state index contributed by atoms with van der Waals surface area (Å²) in [6.45, 7) is 4.06. The molecule has 14 heavy (non-hydrogen) atoms. The van der Waals surface area contributed by atoms with E-state index in [1.807, 2.05) is 6.92 Å². The van der Waals surface area contributed by atoms with Crippen LogP contribution in [0.25, 0.3) is 0 Å². The van der Waals surface area contributed by atoms with E-state index in [1.54, 1.807) is 6.92 Å². The first-order valence-corrected chi connectivity index (χ1v) is 5.70. The van der Waals surface area contributed by atoms with E-state index in [0.717, 1.165) is 12.8 Å². The lowest BCUT2D eigenvalue weighted by Crippen LogP contribution is -2.48. The molecule has 0 spiro atoms. The molecule has 0 aliphatic heterocycles. The Labute approximate surface area is 86.5 Å². The van der Waals surface area contributed by atoms with Crippen LogP contribution in [-0.2, 0) is 0 Å². The number of rotatable bonds is 4. The van der Waals surface area contributed by atoms with Crippen LogP contribution in [0.2, 0.25) is 0 Å². The maximum absolute atomic E-state index is 9.39. The Hall–Kier alpha value is -0.120. The van der Waals surface area contributed by atoms with Gasteiger partial charge < -0.3 is 15.5 Å². The van der Waals surface area contributed by atoms with Crippen molar-refractivity contribution >= 4 is 0 Å². The molecule has 1 saturated carbocycles. The fraction of sp³-hybridized carbons (Fsp3) is 1.00. The van der Waals surface area contributed by atoms with Gasteiger partial charge in [-0.1, -0.05) is 12.8 Å². The molecule has 0 saturated heterocycles. The number of hydrogen-bond donors (Lipinski definition) is 3. The minimum absolute atomic E-state index is 0.118. The normalized spacial score (nSPS) is 32.6. The highest BCUT2D eigenvalue weighted by molar-refractivity contribution is 4.83. The highest BCUT2D eigenvalue weighted by Gasteiger charge is 2.26. The quantitative estimate of drug-likeness (QED) is 0.633. The van der Waals surface area contributed by atoms with E-state index in [9.17, 15) is 10.2 Å². The van der Waals surface area contributed by atoms with Crippen LogP contribution in [0.15, 0.2) is 0 Å². The van der Waals surface area contributed by atoms with Crippen LogP contribution in [-0.4, -0.2) is 35.0 Å². The number of nitrogens with one attached hydrogen (secondary N) is 1. The molecule has 4 atom stereocenters. The molecule has 1 aliphatic rings. The van der Waals surface area contributed by atoms with Crippen LogP contribution >= 0.6 is 0 Å². The Morgan fingerprint density at radius 3 is 2.50 bits per heavy atom. The monoisotopic (exact) mass is 201 g/mol. The van der Waals surface area contributed by atoms with Crippen molar-refractivity contribution < 1.29 is 10.2 Å². The Morgan fingerprint density at radius 1 is 1.29 bits per heavy atom. The van der Waals surface area contributed by atoms with Crippen LogP contribution in [0.3, 0.4) is 0 Å². The third-order valence-electron chi connectivity index (χ3n) is 3.34. The van der Waals surface area contributed by atoms with E-state index in [1.165, 1.54) is 12.8 Å². The van der Waals surface area contributed by atoms with E-state index in [4.69, 9.17) is 0 Å². The molecule has 0 bridgehead atoms. The summed E-state index contributed by atoms with van der Waals surface area (Å²) < 4.78 is 0. The van der Waals surface area contributed by atoms with Crippen LogP contribution in [0.1, 0.15) is 39.5 Å². The van der Waals surface area contributed by atoms with Gasteiger partial charge >= 0.3 is 0 Å². The van der Waals surface area contributed by atoms with E-state index in [-0.39, 0.29) is 18.8 Å². The van der Waals surface area contributed by atoms with Gasteiger partial charge in [-0.25, -0.2) is 0 Å². The molecule has 84 valence electrons. The van der Waals surface area contributed by atoms with Gasteiger partial charge in [0.25, 0.3) is 0 Å². The topological polar surface area (TPSA) is 52.5 Å². The molecule has 1 fully saturated rings. The van der Waals surface area contributed by atoms with Crippen molar-refractivity contribution in [3.05, 3.63) is 0 Å². The summed E-state index contributed by atoms with van der Waals surface area (Å²) in [6, 6.07) is 0.505. The van der Waals surface area contributed by atoms with E-state index < -0.39 is 0 Å². The van der Waals surface area contributed by atoms with Crippen molar-refractivity contribution in [1.29, 1.82) is 0 Å². The standard InChI is InChI=1S/C11H23NO2/c1-8(9(2)14)12-11-6-4-3-5-10(11)7-13/h8-14H,3-7H2,1-2H3. The largest absolute Gasteiger partial charge is 0.396 e. The van der Waals surface area contributed by atoms with Gasteiger partial charge in [0, 0.05) is 18.7 Å². The van der Waals surface area contributed by atoms with Crippen molar-refractivity contribution in [1.82, 2.24) is 5.32 Å². The summed E-state index contributed by atoms with van der Waals surface area (Å²) in [5.74, 6) is 0.380. The van der Waals surface area contributed by atoms with Crippen LogP contribution in [0, 0.1) is 5.92 Å². The molecule has 0 amide bonds. The molecular formula is C11H23NO2. The van der Waals surface area contributed by atoms with Gasteiger partial charge in [0.1, 0.15) is 0 Å². The van der Waals surface area contributed by atoms with Gasteiger partial charge in [0.2, 0.25) is 0 Å². The molecule has 0 aromatic heterocycles. The molecule has 3 heteroatoms. The van der Waals surface area contributed by atoms with Gasteiger partial charge in [-0.05, 0) is 32.6 Å². The molecule has 1 rings (SSSR count). The van der Waals surface area contributed by atoms with Crippen LogP contribution < -0.4 is 5.32 Å². The fourth-order valence-electron chi connectivity index (χ4n) is 2.12. The third kappa shape index (κ3) is 3.23. The molecule has 3 nitrogen and oxygen atoms in total. The van der Waals surface area contributed by atoms with Crippen molar-refractivity contribution in [2.24, 2.45) is 5.92 Å². The zero-order valence-corrected chi connectivity index (χ0v) is 9.24. The molecule has 0 aromatic carbocycles. The smallest absolute Gasteiger partial charge is 0.0662 e. The molecule has 0 aromatic rings. The van der Waals surface area contributed by atoms with Gasteiger partial charge in [-0.15, -0.1) is 0 Å². The maximum atomic E-state index is 9.39. The average molecular weight is 201 g/mol. The second-order valence-electron chi connectivity index (χ2n) is 4.53. The number of hydrogen-bond acceptors (Lipinski definition) is 3. The predicted octanol–water partition coefficient (Wildman–Crippen LogP) is 0.896. The van der Waals surface area contributed by atoms with E-state index in [2.05, 4.69) is 5.32 Å². The molecule has 4 unspecified atom stereocenters.